The molecule has 6 aromatic carbocycles. The minimum Gasteiger partial charge on any atom is -0.493 e. The Morgan fingerprint density at radius 2 is 0.846 bits per heavy atom. The topological polar surface area (TPSA) is 151 Å². The molecule has 0 atom stereocenters. The second kappa shape index (κ2) is 15.5. The molecule has 0 radical (unpaired) electrons. The summed E-state index contributed by atoms with van der Waals surface area (Å²) >= 11 is 0. The van der Waals surface area contributed by atoms with E-state index in [-0.39, 0.29) is 68.4 Å². The molecular formula is C41H23FN4O6. The van der Waals surface area contributed by atoms with Crippen LogP contribution in [0.3, 0.4) is 0 Å². The highest BCUT2D eigenvalue weighted by Gasteiger charge is 2.19. The summed E-state index contributed by atoms with van der Waals surface area (Å²) in [6, 6.07) is 39.6. The van der Waals surface area contributed by atoms with E-state index < -0.39 is 5.82 Å². The minimum absolute atomic E-state index is 0.0211. The molecule has 52 heavy (non-hydrogen) atoms. The maximum atomic E-state index is 14.1. The van der Waals surface area contributed by atoms with E-state index in [2.05, 4.69) is 18.2 Å². The Morgan fingerprint density at radius 3 is 1.42 bits per heavy atom. The maximum absolute atomic E-state index is 14.1. The van der Waals surface area contributed by atoms with Gasteiger partial charge in [0.25, 0.3) is 0 Å². The molecule has 10 nitrogen and oxygen atoms in total. The molecule has 0 fully saturated rings. The average molecular weight is 687 g/mol. The lowest BCUT2D eigenvalue weighted by atomic mass is 10.2. The van der Waals surface area contributed by atoms with Gasteiger partial charge in [0.2, 0.25) is 0 Å². The van der Waals surface area contributed by atoms with E-state index in [1.165, 1.54) is 43.5 Å². The van der Waals surface area contributed by atoms with Crippen molar-refractivity contribution < 1.29 is 32.8 Å². The molecule has 0 spiro atoms. The zero-order chi connectivity index (χ0) is 36.5. The summed E-state index contributed by atoms with van der Waals surface area (Å²) in [5, 5.41) is 38.8. The second-order valence-electron chi connectivity index (χ2n) is 10.6. The molecule has 0 N–H and O–H groups in total. The summed E-state index contributed by atoms with van der Waals surface area (Å²) in [6.07, 6.45) is 0. The van der Waals surface area contributed by atoms with Crippen molar-refractivity contribution >= 4 is 0 Å². The average Bonchev–Trinajstić information content (AvgIpc) is 3.17. The third-order valence-electron chi connectivity index (χ3n) is 7.37. The van der Waals surface area contributed by atoms with Gasteiger partial charge in [-0.15, -0.1) is 0 Å². The van der Waals surface area contributed by atoms with Crippen molar-refractivity contribution in [2.45, 2.75) is 0 Å². The smallest absolute Gasteiger partial charge is 0.173 e. The number of halogens is 1. The van der Waals surface area contributed by atoms with Crippen LogP contribution in [0.2, 0.25) is 0 Å². The van der Waals surface area contributed by atoms with Crippen molar-refractivity contribution in [3.05, 3.63) is 149 Å². The number of nitrogens with zero attached hydrogens (tertiary/aromatic N) is 4. The number of hydrogen-bond donors (Lipinski definition) is 0. The van der Waals surface area contributed by atoms with Gasteiger partial charge in [0.1, 0.15) is 81.5 Å². The number of ether oxygens (including phenoxy) is 6. The van der Waals surface area contributed by atoms with Gasteiger partial charge in [-0.1, -0.05) is 36.4 Å². The van der Waals surface area contributed by atoms with E-state index in [4.69, 9.17) is 28.4 Å². The van der Waals surface area contributed by atoms with Crippen molar-refractivity contribution in [1.29, 1.82) is 21.0 Å². The summed E-state index contributed by atoms with van der Waals surface area (Å²) in [6.45, 7) is 0. The lowest BCUT2D eigenvalue weighted by molar-refractivity contribution is 0.372. The summed E-state index contributed by atoms with van der Waals surface area (Å²) in [5.41, 5.74) is 0.384. The Hall–Kier alpha value is -7.99. The van der Waals surface area contributed by atoms with Gasteiger partial charge < -0.3 is 28.4 Å². The summed E-state index contributed by atoms with van der Waals surface area (Å²) in [4.78, 5) is 0. The van der Waals surface area contributed by atoms with Gasteiger partial charge in [0.15, 0.2) is 23.0 Å². The molecule has 0 unspecified atom stereocenters. The first kappa shape index (κ1) is 33.9. The molecule has 6 rings (SSSR count). The molecule has 0 aromatic heterocycles. The number of methoxy groups -OCH3 is 1. The molecule has 6 aromatic rings. The van der Waals surface area contributed by atoms with Gasteiger partial charge in [0, 0.05) is 12.1 Å². The lowest BCUT2D eigenvalue weighted by Gasteiger charge is -2.17. The van der Waals surface area contributed by atoms with Crippen molar-refractivity contribution in [3.63, 3.8) is 0 Å². The van der Waals surface area contributed by atoms with Crippen LogP contribution < -0.4 is 28.4 Å². The number of hydrogen-bond acceptors (Lipinski definition) is 10. The summed E-state index contributed by atoms with van der Waals surface area (Å²) in [7, 11) is 1.41. The summed E-state index contributed by atoms with van der Waals surface area (Å²) in [5.74, 6) is 1.44. The molecule has 11 heteroatoms. The van der Waals surface area contributed by atoms with E-state index in [1.807, 2.05) is 0 Å². The van der Waals surface area contributed by atoms with Crippen LogP contribution in [0.5, 0.6) is 63.2 Å². The monoisotopic (exact) mass is 686 g/mol. The van der Waals surface area contributed by atoms with Crippen LogP contribution in [0.1, 0.15) is 22.3 Å². The lowest BCUT2D eigenvalue weighted by Crippen LogP contribution is -1.98. The highest BCUT2D eigenvalue weighted by Crippen LogP contribution is 2.43. The zero-order valence-corrected chi connectivity index (χ0v) is 27.2. The van der Waals surface area contributed by atoms with Crippen molar-refractivity contribution in [3.8, 4) is 87.5 Å². The van der Waals surface area contributed by atoms with E-state index in [0.29, 0.717) is 17.1 Å². The van der Waals surface area contributed by atoms with Crippen molar-refractivity contribution in [1.82, 2.24) is 0 Å². The molecule has 0 aliphatic heterocycles. The first-order chi connectivity index (χ1) is 25.4. The zero-order valence-electron chi connectivity index (χ0n) is 27.2. The fraction of sp³-hybridized carbons (Fsp3) is 0.0244. The molecule has 0 amide bonds. The van der Waals surface area contributed by atoms with Crippen molar-refractivity contribution in [2.24, 2.45) is 0 Å². The maximum Gasteiger partial charge on any atom is 0.173 e. The quantitative estimate of drug-likeness (QED) is 0.129. The Kier molecular flexibility index (Phi) is 10.1. The number of rotatable bonds is 11. The molecule has 0 aliphatic rings. The molecule has 250 valence electrons. The van der Waals surface area contributed by atoms with Gasteiger partial charge in [-0.05, 0) is 72.8 Å². The van der Waals surface area contributed by atoms with Gasteiger partial charge in [-0.25, -0.2) is 4.39 Å². The Balaban J connectivity index is 1.33. The standard InChI is InChI=1S/C41H23FN4O6/c1-47-40-20-28(49-35-13-6-10-32(42)30(35)24-45)16-18-38(40)51-36-14-7-15-37(31(36)25-46)52-41-21-29(48-33-11-4-2-8-26(33)22-43)17-19-39(41)50-34-12-5-3-9-27(34)23-44/h2-21H,1H3. The van der Waals surface area contributed by atoms with Crippen LogP contribution >= 0.6 is 0 Å². The van der Waals surface area contributed by atoms with E-state index >= 15 is 0 Å². The predicted molar refractivity (Wildman–Crippen MR) is 184 cm³/mol. The molecular weight excluding hydrogens is 663 g/mol. The highest BCUT2D eigenvalue weighted by molar-refractivity contribution is 5.60. The molecule has 0 heterocycles. The highest BCUT2D eigenvalue weighted by atomic mass is 19.1. The van der Waals surface area contributed by atoms with Gasteiger partial charge in [-0.3, -0.25) is 0 Å². The van der Waals surface area contributed by atoms with Crippen LogP contribution in [0.15, 0.2) is 121 Å². The van der Waals surface area contributed by atoms with Crippen LogP contribution in [0.4, 0.5) is 4.39 Å². The molecule has 0 saturated carbocycles. The van der Waals surface area contributed by atoms with Crippen LogP contribution in [0.25, 0.3) is 0 Å². The Morgan fingerprint density at radius 1 is 0.404 bits per heavy atom. The van der Waals surface area contributed by atoms with Crippen LogP contribution in [-0.4, -0.2) is 7.11 Å². The summed E-state index contributed by atoms with van der Waals surface area (Å²) < 4.78 is 50.0. The van der Waals surface area contributed by atoms with Crippen LogP contribution in [-0.2, 0) is 0 Å². The normalized spacial score (nSPS) is 10.0. The first-order valence-electron chi connectivity index (χ1n) is 15.4. The van der Waals surface area contributed by atoms with Crippen molar-refractivity contribution in [2.75, 3.05) is 7.11 Å². The first-order valence-corrected chi connectivity index (χ1v) is 15.4. The number of nitriles is 4. The predicted octanol–water partition coefficient (Wildman–Crippen LogP) is 10.3. The van der Waals surface area contributed by atoms with E-state index in [9.17, 15) is 25.4 Å². The third kappa shape index (κ3) is 7.36. The molecule has 0 saturated heterocycles. The Labute approximate surface area is 297 Å². The van der Waals surface area contributed by atoms with Crippen LogP contribution in [0, 0.1) is 51.1 Å². The molecule has 0 aliphatic carbocycles. The number of benzene rings is 6. The van der Waals surface area contributed by atoms with Gasteiger partial charge in [-0.2, -0.15) is 21.0 Å². The fourth-order valence-electron chi connectivity index (χ4n) is 4.91. The third-order valence-corrected chi connectivity index (χ3v) is 7.37. The van der Waals surface area contributed by atoms with Gasteiger partial charge >= 0.3 is 0 Å². The van der Waals surface area contributed by atoms with E-state index in [1.54, 1.807) is 84.9 Å². The largest absolute Gasteiger partial charge is 0.493 e. The van der Waals surface area contributed by atoms with Gasteiger partial charge in [0.05, 0.1) is 18.2 Å². The Bertz CT molecular complexity index is 2470. The fourth-order valence-corrected chi connectivity index (χ4v) is 4.91. The molecule has 0 bridgehead atoms. The SMILES string of the molecule is COc1cc(Oc2cccc(F)c2C#N)ccc1Oc1cccc(Oc2cc(Oc3ccccc3C#N)ccc2Oc2ccccc2C#N)c1C#N. The second-order valence-corrected chi connectivity index (χ2v) is 10.6. The minimum atomic E-state index is -0.715. The number of para-hydroxylation sites is 2. The van der Waals surface area contributed by atoms with E-state index in [0.717, 1.165) is 6.07 Å².